The molecular formula is C7H13N3O3. The normalized spacial score (nSPS) is 18.6. The van der Waals surface area contributed by atoms with Gasteiger partial charge in [-0.05, 0) is 12.8 Å². The Morgan fingerprint density at radius 2 is 2.00 bits per heavy atom. The van der Waals surface area contributed by atoms with E-state index in [4.69, 9.17) is 5.11 Å². The first-order valence-corrected chi connectivity index (χ1v) is 4.19. The lowest BCUT2D eigenvalue weighted by molar-refractivity contribution is -0.120. The first-order chi connectivity index (χ1) is 6.18. The zero-order chi connectivity index (χ0) is 9.68. The van der Waals surface area contributed by atoms with Crippen LogP contribution in [0.1, 0.15) is 25.7 Å². The van der Waals surface area contributed by atoms with E-state index in [2.05, 4.69) is 11.0 Å². The van der Waals surface area contributed by atoms with Gasteiger partial charge in [0.2, 0.25) is 0 Å². The van der Waals surface area contributed by atoms with Crippen LogP contribution in [0, 0.1) is 0 Å². The van der Waals surface area contributed by atoms with Crippen LogP contribution >= 0.6 is 0 Å². The molecule has 4 N–H and O–H groups in total. The second-order valence-corrected chi connectivity index (χ2v) is 3.01. The fourth-order valence-electron chi connectivity index (χ4n) is 1.28. The van der Waals surface area contributed by atoms with E-state index in [1.54, 1.807) is 0 Å². The number of hydrogen-bond acceptors (Lipinski definition) is 4. The van der Waals surface area contributed by atoms with Crippen molar-refractivity contribution in [2.24, 2.45) is 0 Å². The highest BCUT2D eigenvalue weighted by atomic mass is 16.4. The molecule has 1 rings (SSSR count). The van der Waals surface area contributed by atoms with Gasteiger partial charge in [0.05, 0.1) is 0 Å². The van der Waals surface area contributed by atoms with E-state index in [-0.39, 0.29) is 11.8 Å². The summed E-state index contributed by atoms with van der Waals surface area (Å²) in [6.45, 7) is 0. The lowest BCUT2D eigenvalue weighted by atomic mass is 9.95. The molecule has 1 fully saturated rings. The molecule has 0 aliphatic heterocycles. The smallest absolute Gasteiger partial charge is 0.420 e. The maximum atomic E-state index is 10.8. The van der Waals surface area contributed by atoms with Gasteiger partial charge in [0.1, 0.15) is 5.78 Å². The van der Waals surface area contributed by atoms with Crippen molar-refractivity contribution in [3.63, 3.8) is 0 Å². The number of hydrogen-bond donors (Lipinski definition) is 4. The van der Waals surface area contributed by atoms with Gasteiger partial charge in [0, 0.05) is 18.9 Å². The number of nitrogens with one attached hydrogen (secondary N) is 3. The molecule has 0 aromatic carbocycles. The largest absolute Gasteiger partial charge is 0.464 e. The van der Waals surface area contributed by atoms with Crippen LogP contribution in [0.15, 0.2) is 0 Å². The Hall–Kier alpha value is -1.14. The number of carbonyl (C=O) groups is 2. The molecule has 0 radical (unpaired) electrons. The predicted molar refractivity (Wildman–Crippen MR) is 44.7 cm³/mol. The zero-order valence-electron chi connectivity index (χ0n) is 7.17. The van der Waals surface area contributed by atoms with Gasteiger partial charge in [0.25, 0.3) is 0 Å². The van der Waals surface area contributed by atoms with Crippen LogP contribution in [-0.2, 0) is 4.79 Å². The van der Waals surface area contributed by atoms with Crippen molar-refractivity contribution in [3.8, 4) is 0 Å². The third-order valence-corrected chi connectivity index (χ3v) is 1.99. The molecule has 0 aromatic rings. The summed E-state index contributed by atoms with van der Waals surface area (Å²) in [6, 6.07) is 0.171. The summed E-state index contributed by atoms with van der Waals surface area (Å²) in [5.74, 6) is 0.282. The number of rotatable bonds is 3. The van der Waals surface area contributed by atoms with Crippen LogP contribution in [0.2, 0.25) is 0 Å². The molecule has 6 nitrogen and oxygen atoms in total. The topological polar surface area (TPSA) is 90.5 Å². The number of hydrazine groups is 2. The molecule has 0 saturated heterocycles. The Morgan fingerprint density at radius 1 is 1.38 bits per heavy atom. The Bertz CT molecular complexity index is 197. The molecule has 0 spiro atoms. The average Bonchev–Trinajstić information content (AvgIpc) is 2.08. The van der Waals surface area contributed by atoms with Gasteiger partial charge in [-0.15, -0.1) is 0 Å². The van der Waals surface area contributed by atoms with Crippen LogP contribution in [0.25, 0.3) is 0 Å². The molecule has 1 aliphatic rings. The SMILES string of the molecule is O=C1CCC(NNNC(=O)O)CC1. The fourth-order valence-corrected chi connectivity index (χ4v) is 1.28. The molecule has 74 valence electrons. The Balaban J connectivity index is 2.09. The molecule has 0 heterocycles. The lowest BCUT2D eigenvalue weighted by Crippen LogP contribution is -2.51. The standard InChI is InChI=1S/C7H13N3O3/c11-6-3-1-5(2-4-6)8-10-9-7(12)13/h5,8-10H,1-4H2,(H,12,13). The van der Waals surface area contributed by atoms with Crippen LogP contribution in [0.4, 0.5) is 4.79 Å². The number of amides is 1. The van der Waals surface area contributed by atoms with Gasteiger partial charge in [-0.2, -0.15) is 5.53 Å². The maximum Gasteiger partial charge on any atom is 0.420 e. The van der Waals surface area contributed by atoms with Crippen LogP contribution in [0.3, 0.4) is 0 Å². The summed E-state index contributed by atoms with van der Waals surface area (Å²) in [6.07, 6.45) is 1.53. The Morgan fingerprint density at radius 3 is 2.54 bits per heavy atom. The number of Topliss-reactive ketones (excluding diaryl/α,β-unsaturated/α-hetero) is 1. The summed E-state index contributed by atoms with van der Waals surface area (Å²) >= 11 is 0. The van der Waals surface area contributed by atoms with Crippen LogP contribution < -0.4 is 16.4 Å². The summed E-state index contributed by atoms with van der Waals surface area (Å²) in [7, 11) is 0. The second-order valence-electron chi connectivity index (χ2n) is 3.01. The van der Waals surface area contributed by atoms with Crippen molar-refractivity contribution >= 4 is 11.9 Å². The fraction of sp³-hybridized carbons (Fsp3) is 0.714. The highest BCUT2D eigenvalue weighted by molar-refractivity contribution is 5.79. The van der Waals surface area contributed by atoms with E-state index in [0.717, 1.165) is 12.8 Å². The summed E-state index contributed by atoms with van der Waals surface area (Å²) in [5, 5.41) is 8.22. The molecule has 6 heteroatoms. The van der Waals surface area contributed by atoms with Gasteiger partial charge in [-0.25, -0.2) is 15.6 Å². The maximum absolute atomic E-state index is 10.8. The minimum Gasteiger partial charge on any atom is -0.464 e. The summed E-state index contributed by atoms with van der Waals surface area (Å²) in [5.41, 5.74) is 7.11. The van der Waals surface area contributed by atoms with Crippen molar-refractivity contribution in [3.05, 3.63) is 0 Å². The molecule has 0 bridgehead atoms. The summed E-state index contributed by atoms with van der Waals surface area (Å²) in [4.78, 5) is 20.9. The third kappa shape index (κ3) is 3.86. The van der Waals surface area contributed by atoms with E-state index >= 15 is 0 Å². The second kappa shape index (κ2) is 4.78. The van der Waals surface area contributed by atoms with Gasteiger partial charge < -0.3 is 5.11 Å². The Labute approximate surface area is 75.6 Å². The monoisotopic (exact) mass is 187 g/mol. The van der Waals surface area contributed by atoms with Crippen LogP contribution in [-0.4, -0.2) is 23.0 Å². The van der Waals surface area contributed by atoms with Gasteiger partial charge in [0.15, 0.2) is 0 Å². The molecular weight excluding hydrogens is 174 g/mol. The molecule has 1 aliphatic carbocycles. The van der Waals surface area contributed by atoms with Crippen molar-refractivity contribution < 1.29 is 14.7 Å². The summed E-state index contributed by atoms with van der Waals surface area (Å²) < 4.78 is 0. The first-order valence-electron chi connectivity index (χ1n) is 4.19. The quantitative estimate of drug-likeness (QED) is 0.458. The molecule has 0 unspecified atom stereocenters. The highest BCUT2D eigenvalue weighted by Gasteiger charge is 2.17. The predicted octanol–water partition coefficient (Wildman–Crippen LogP) is -0.225. The van der Waals surface area contributed by atoms with Crippen molar-refractivity contribution in [1.29, 1.82) is 0 Å². The van der Waals surface area contributed by atoms with Crippen LogP contribution in [0.5, 0.6) is 0 Å². The van der Waals surface area contributed by atoms with Crippen molar-refractivity contribution in [1.82, 2.24) is 16.4 Å². The molecule has 13 heavy (non-hydrogen) atoms. The van der Waals surface area contributed by atoms with E-state index in [1.807, 2.05) is 5.43 Å². The first kappa shape index (κ1) is 9.94. The van der Waals surface area contributed by atoms with Gasteiger partial charge in [-0.1, -0.05) is 0 Å². The van der Waals surface area contributed by atoms with Gasteiger partial charge >= 0.3 is 6.09 Å². The number of ketones is 1. The number of carbonyl (C=O) groups excluding carboxylic acids is 1. The van der Waals surface area contributed by atoms with E-state index in [9.17, 15) is 9.59 Å². The van der Waals surface area contributed by atoms with E-state index in [0.29, 0.717) is 12.8 Å². The molecule has 0 aromatic heterocycles. The average molecular weight is 187 g/mol. The number of carboxylic acid groups (broad SMARTS) is 1. The van der Waals surface area contributed by atoms with Crippen molar-refractivity contribution in [2.75, 3.05) is 0 Å². The molecule has 1 saturated carbocycles. The van der Waals surface area contributed by atoms with E-state index < -0.39 is 6.09 Å². The minimum atomic E-state index is -1.14. The van der Waals surface area contributed by atoms with Crippen molar-refractivity contribution in [2.45, 2.75) is 31.7 Å². The molecule has 0 atom stereocenters. The minimum absolute atomic E-state index is 0.171. The highest BCUT2D eigenvalue weighted by Crippen LogP contribution is 2.13. The zero-order valence-corrected chi connectivity index (χ0v) is 7.17. The third-order valence-electron chi connectivity index (χ3n) is 1.99. The lowest BCUT2D eigenvalue weighted by Gasteiger charge is -2.22. The van der Waals surface area contributed by atoms with E-state index in [1.165, 1.54) is 0 Å². The van der Waals surface area contributed by atoms with Gasteiger partial charge in [-0.3, -0.25) is 4.79 Å². The Kier molecular flexibility index (Phi) is 3.66. The molecule has 1 amide bonds.